The maximum atomic E-state index is 11.4. The maximum Gasteiger partial charge on any atom is 0.240 e. The van der Waals surface area contributed by atoms with Crippen molar-refractivity contribution in [3.05, 3.63) is 30.3 Å². The molecule has 0 aliphatic heterocycles. The summed E-state index contributed by atoms with van der Waals surface area (Å²) in [5.74, 6) is 0.723. The molecule has 1 rings (SSSR count). The highest BCUT2D eigenvalue weighted by atomic mass is 35.5. The van der Waals surface area contributed by atoms with E-state index < -0.39 is 5.38 Å². The van der Waals surface area contributed by atoms with Crippen LogP contribution in [0.3, 0.4) is 0 Å². The molecule has 1 aromatic carbocycles. The summed E-state index contributed by atoms with van der Waals surface area (Å²) in [5.41, 5.74) is 0. The Balaban J connectivity index is 2.28. The van der Waals surface area contributed by atoms with Crippen LogP contribution in [-0.2, 0) is 4.79 Å². The number of halogens is 1. The Morgan fingerprint density at radius 1 is 1.44 bits per heavy atom. The fourth-order valence-electron chi connectivity index (χ4n) is 1.23. The van der Waals surface area contributed by atoms with Crippen molar-refractivity contribution in [2.24, 2.45) is 0 Å². The molecule has 0 bridgehead atoms. The van der Waals surface area contributed by atoms with E-state index in [2.05, 4.69) is 0 Å². The number of likely N-dealkylation sites (N-methyl/N-ethyl adjacent to an activating group) is 1. The van der Waals surface area contributed by atoms with Crippen LogP contribution in [0.15, 0.2) is 30.3 Å². The van der Waals surface area contributed by atoms with Gasteiger partial charge in [-0.25, -0.2) is 0 Å². The number of benzene rings is 1. The van der Waals surface area contributed by atoms with Crippen LogP contribution in [0.1, 0.15) is 6.92 Å². The predicted molar refractivity (Wildman–Crippen MR) is 64.9 cm³/mol. The predicted octanol–water partition coefficient (Wildman–Crippen LogP) is 2.15. The average molecular weight is 242 g/mol. The van der Waals surface area contributed by atoms with Crippen LogP contribution in [0, 0.1) is 0 Å². The van der Waals surface area contributed by atoms with Gasteiger partial charge in [0.05, 0.1) is 6.54 Å². The number of ether oxygens (including phenoxy) is 1. The van der Waals surface area contributed by atoms with Gasteiger partial charge in [0, 0.05) is 7.05 Å². The number of para-hydroxylation sites is 1. The molecule has 0 aliphatic rings. The van der Waals surface area contributed by atoms with E-state index in [1.54, 1.807) is 18.9 Å². The first-order valence-electron chi connectivity index (χ1n) is 5.18. The van der Waals surface area contributed by atoms with Crippen molar-refractivity contribution in [1.29, 1.82) is 0 Å². The van der Waals surface area contributed by atoms with Crippen molar-refractivity contribution in [1.82, 2.24) is 4.90 Å². The van der Waals surface area contributed by atoms with E-state index >= 15 is 0 Å². The van der Waals surface area contributed by atoms with Crippen LogP contribution in [0.5, 0.6) is 5.75 Å². The molecule has 0 saturated heterocycles. The second kappa shape index (κ2) is 6.38. The summed E-state index contributed by atoms with van der Waals surface area (Å²) in [6, 6.07) is 9.51. The minimum atomic E-state index is -0.485. The molecule has 0 saturated carbocycles. The molecule has 0 aromatic heterocycles. The third-order valence-corrected chi connectivity index (χ3v) is 2.34. The highest BCUT2D eigenvalue weighted by Gasteiger charge is 2.13. The Bertz CT molecular complexity index is 327. The third-order valence-electron chi connectivity index (χ3n) is 2.16. The maximum absolute atomic E-state index is 11.4. The zero-order valence-electron chi connectivity index (χ0n) is 9.52. The molecule has 0 N–H and O–H groups in total. The van der Waals surface area contributed by atoms with Crippen LogP contribution in [0.4, 0.5) is 0 Å². The minimum absolute atomic E-state index is 0.0849. The summed E-state index contributed by atoms with van der Waals surface area (Å²) < 4.78 is 5.47. The van der Waals surface area contributed by atoms with E-state index in [0.717, 1.165) is 5.75 Å². The van der Waals surface area contributed by atoms with Gasteiger partial charge >= 0.3 is 0 Å². The second-order valence-electron chi connectivity index (χ2n) is 3.54. The Morgan fingerprint density at radius 2 is 2.06 bits per heavy atom. The molecule has 1 amide bonds. The average Bonchev–Trinajstić information content (AvgIpc) is 2.29. The summed E-state index contributed by atoms with van der Waals surface area (Å²) >= 11 is 5.69. The summed E-state index contributed by atoms with van der Waals surface area (Å²) in [5, 5.41) is -0.485. The van der Waals surface area contributed by atoms with Gasteiger partial charge in [0.1, 0.15) is 17.7 Å². The number of hydrogen-bond donors (Lipinski definition) is 0. The lowest BCUT2D eigenvalue weighted by molar-refractivity contribution is -0.129. The van der Waals surface area contributed by atoms with Gasteiger partial charge in [-0.15, -0.1) is 11.6 Å². The van der Waals surface area contributed by atoms with E-state index in [-0.39, 0.29) is 5.91 Å². The van der Waals surface area contributed by atoms with Crippen molar-refractivity contribution in [2.45, 2.75) is 12.3 Å². The third kappa shape index (κ3) is 4.11. The zero-order valence-corrected chi connectivity index (χ0v) is 10.3. The van der Waals surface area contributed by atoms with Crippen LogP contribution in [0.25, 0.3) is 0 Å². The van der Waals surface area contributed by atoms with Crippen molar-refractivity contribution in [3.63, 3.8) is 0 Å². The van der Waals surface area contributed by atoms with Crippen molar-refractivity contribution in [2.75, 3.05) is 20.2 Å². The van der Waals surface area contributed by atoms with Crippen LogP contribution < -0.4 is 4.74 Å². The van der Waals surface area contributed by atoms with E-state index in [1.165, 1.54) is 0 Å². The summed E-state index contributed by atoms with van der Waals surface area (Å²) in [7, 11) is 1.72. The number of rotatable bonds is 5. The Kier molecular flexibility index (Phi) is 5.12. The zero-order chi connectivity index (χ0) is 12.0. The van der Waals surface area contributed by atoms with Gasteiger partial charge in [-0.2, -0.15) is 0 Å². The molecular formula is C12H16ClNO2. The van der Waals surface area contributed by atoms with E-state index in [1.807, 2.05) is 30.3 Å². The summed E-state index contributed by atoms with van der Waals surface area (Å²) in [6.45, 7) is 2.67. The van der Waals surface area contributed by atoms with Gasteiger partial charge in [-0.05, 0) is 19.1 Å². The highest BCUT2D eigenvalue weighted by molar-refractivity contribution is 6.30. The molecular weight excluding hydrogens is 226 g/mol. The number of nitrogens with zero attached hydrogens (tertiary/aromatic N) is 1. The summed E-state index contributed by atoms with van der Waals surface area (Å²) in [6.07, 6.45) is 0. The van der Waals surface area contributed by atoms with Gasteiger partial charge in [0.25, 0.3) is 0 Å². The highest BCUT2D eigenvalue weighted by Crippen LogP contribution is 2.08. The molecule has 0 radical (unpaired) electrons. The van der Waals surface area contributed by atoms with Crippen molar-refractivity contribution < 1.29 is 9.53 Å². The molecule has 1 atom stereocenters. The quantitative estimate of drug-likeness (QED) is 0.740. The lowest BCUT2D eigenvalue weighted by atomic mass is 10.3. The normalized spacial score (nSPS) is 11.9. The first-order valence-corrected chi connectivity index (χ1v) is 5.62. The molecule has 1 aromatic rings. The van der Waals surface area contributed by atoms with E-state index in [9.17, 15) is 4.79 Å². The monoisotopic (exact) mass is 241 g/mol. The number of carbonyl (C=O) groups is 1. The molecule has 16 heavy (non-hydrogen) atoms. The topological polar surface area (TPSA) is 29.5 Å². The fraction of sp³-hybridized carbons (Fsp3) is 0.417. The van der Waals surface area contributed by atoms with Crippen LogP contribution >= 0.6 is 11.6 Å². The molecule has 1 unspecified atom stereocenters. The molecule has 0 fully saturated rings. The van der Waals surface area contributed by atoms with Gasteiger partial charge in [0.15, 0.2) is 0 Å². The van der Waals surface area contributed by atoms with Crippen LogP contribution in [-0.4, -0.2) is 36.4 Å². The van der Waals surface area contributed by atoms with E-state index in [4.69, 9.17) is 16.3 Å². The molecule has 0 heterocycles. The summed E-state index contributed by atoms with van der Waals surface area (Å²) in [4.78, 5) is 13.0. The second-order valence-corrected chi connectivity index (χ2v) is 4.19. The molecule has 0 aliphatic carbocycles. The number of carbonyl (C=O) groups excluding carboxylic acids is 1. The van der Waals surface area contributed by atoms with Gasteiger partial charge in [0.2, 0.25) is 5.91 Å². The lowest BCUT2D eigenvalue weighted by Crippen LogP contribution is -2.35. The molecule has 0 spiro atoms. The fourth-order valence-corrected chi connectivity index (χ4v) is 1.40. The molecule has 88 valence electrons. The molecule has 4 heteroatoms. The number of alkyl halides is 1. The van der Waals surface area contributed by atoms with Crippen molar-refractivity contribution >= 4 is 17.5 Å². The number of hydrogen-bond acceptors (Lipinski definition) is 2. The van der Waals surface area contributed by atoms with Gasteiger partial charge < -0.3 is 9.64 Å². The largest absolute Gasteiger partial charge is 0.492 e. The van der Waals surface area contributed by atoms with E-state index in [0.29, 0.717) is 13.2 Å². The van der Waals surface area contributed by atoms with Crippen LogP contribution in [0.2, 0.25) is 0 Å². The van der Waals surface area contributed by atoms with Gasteiger partial charge in [-0.3, -0.25) is 4.79 Å². The van der Waals surface area contributed by atoms with Gasteiger partial charge in [-0.1, -0.05) is 18.2 Å². The Morgan fingerprint density at radius 3 is 2.62 bits per heavy atom. The first kappa shape index (κ1) is 12.8. The lowest BCUT2D eigenvalue weighted by Gasteiger charge is -2.18. The molecule has 3 nitrogen and oxygen atoms in total. The minimum Gasteiger partial charge on any atom is -0.492 e. The SMILES string of the molecule is CC(Cl)C(=O)N(C)CCOc1ccccc1. The standard InChI is InChI=1S/C12H16ClNO2/c1-10(13)12(15)14(2)8-9-16-11-6-4-3-5-7-11/h3-7,10H,8-9H2,1-2H3. The Hall–Kier alpha value is -1.22. The smallest absolute Gasteiger partial charge is 0.240 e. The Labute approximate surface area is 101 Å². The number of amides is 1. The first-order chi connectivity index (χ1) is 7.61. The van der Waals surface area contributed by atoms with Crippen molar-refractivity contribution in [3.8, 4) is 5.75 Å².